The Bertz CT molecular complexity index is 710. The van der Waals surface area contributed by atoms with E-state index in [-0.39, 0.29) is 18.3 Å². The topological polar surface area (TPSA) is 91.2 Å². The van der Waals surface area contributed by atoms with Crippen molar-refractivity contribution in [1.82, 2.24) is 5.01 Å². The van der Waals surface area contributed by atoms with E-state index in [4.69, 9.17) is 23.7 Å². The van der Waals surface area contributed by atoms with Gasteiger partial charge < -0.3 is 23.7 Å². The summed E-state index contributed by atoms with van der Waals surface area (Å²) in [6, 6.07) is 6.85. The third kappa shape index (κ3) is 4.27. The van der Waals surface area contributed by atoms with Crippen LogP contribution in [0, 0.1) is 0 Å². The Morgan fingerprint density at radius 2 is 2.00 bits per heavy atom. The predicted molar refractivity (Wildman–Crippen MR) is 94.4 cm³/mol. The summed E-state index contributed by atoms with van der Waals surface area (Å²) in [4.78, 5) is 11.8. The molecule has 2 aliphatic heterocycles. The highest BCUT2D eigenvalue weighted by Gasteiger charge is 2.55. The lowest BCUT2D eigenvalue weighted by Gasteiger charge is -2.26. The molecule has 0 bridgehead atoms. The zero-order valence-corrected chi connectivity index (χ0v) is 16.1. The van der Waals surface area contributed by atoms with Gasteiger partial charge in [0.25, 0.3) is 0 Å². The summed E-state index contributed by atoms with van der Waals surface area (Å²) in [5.74, 6) is -1.16. The summed E-state index contributed by atoms with van der Waals surface area (Å²) in [5.41, 5.74) is 0.778. The Hall–Kier alpha value is -2.07. The van der Waals surface area contributed by atoms with Gasteiger partial charge in [0.05, 0.1) is 19.2 Å². The molecule has 2 aliphatic rings. The molecule has 9 nitrogen and oxygen atoms in total. The predicted octanol–water partition coefficient (Wildman–Crippen LogP) is 2.30. The van der Waals surface area contributed by atoms with Crippen LogP contribution in [0.5, 0.6) is 0 Å². The van der Waals surface area contributed by atoms with Crippen molar-refractivity contribution >= 4 is 11.7 Å². The van der Waals surface area contributed by atoms with E-state index in [2.05, 4.69) is 10.3 Å². The van der Waals surface area contributed by atoms with Crippen LogP contribution < -0.4 is 0 Å². The second kappa shape index (κ2) is 7.89. The minimum Gasteiger partial charge on any atom is -0.465 e. The Morgan fingerprint density at radius 1 is 1.26 bits per heavy atom. The first-order chi connectivity index (χ1) is 12.8. The van der Waals surface area contributed by atoms with Crippen molar-refractivity contribution in [1.29, 1.82) is 0 Å². The standard InChI is InChI=1S/C18H25N3O6/c1-18(2)26-15-14(23-4)13(25-17(15)27-18)10-21(3)20-19-12-9-7-6-8-11(12)16(22)24-5/h6-9,13-15,17H,10H2,1-5H3. The molecule has 0 N–H and O–H groups in total. The molecular formula is C18H25N3O6. The van der Waals surface area contributed by atoms with Crippen molar-refractivity contribution in [3.8, 4) is 0 Å². The van der Waals surface area contributed by atoms with Gasteiger partial charge in [-0.05, 0) is 26.0 Å². The number of hydrogen-bond acceptors (Lipinski definition) is 8. The molecule has 0 radical (unpaired) electrons. The monoisotopic (exact) mass is 379 g/mol. The lowest BCUT2D eigenvalue weighted by Crippen LogP contribution is -2.40. The maximum absolute atomic E-state index is 11.8. The summed E-state index contributed by atoms with van der Waals surface area (Å²) >= 11 is 0. The van der Waals surface area contributed by atoms with Crippen LogP contribution in [0.25, 0.3) is 0 Å². The van der Waals surface area contributed by atoms with Gasteiger partial charge in [-0.3, -0.25) is 5.01 Å². The van der Waals surface area contributed by atoms with Gasteiger partial charge in [0, 0.05) is 14.2 Å². The van der Waals surface area contributed by atoms with Gasteiger partial charge in [-0.2, -0.15) is 0 Å². The number of methoxy groups -OCH3 is 2. The minimum atomic E-state index is -0.694. The van der Waals surface area contributed by atoms with E-state index in [0.717, 1.165) is 0 Å². The van der Waals surface area contributed by atoms with E-state index in [9.17, 15) is 4.79 Å². The number of esters is 1. The van der Waals surface area contributed by atoms with Crippen LogP contribution in [-0.2, 0) is 23.7 Å². The number of benzene rings is 1. The Kier molecular flexibility index (Phi) is 5.75. The molecule has 0 spiro atoms. The average Bonchev–Trinajstić information content (AvgIpc) is 3.09. The number of ether oxygens (including phenoxy) is 5. The Balaban J connectivity index is 1.64. The molecule has 2 fully saturated rings. The summed E-state index contributed by atoms with van der Waals surface area (Å²) in [6.45, 7) is 4.10. The quantitative estimate of drug-likeness (QED) is 0.425. The Morgan fingerprint density at radius 3 is 2.70 bits per heavy atom. The second-order valence-electron chi connectivity index (χ2n) is 6.88. The van der Waals surface area contributed by atoms with Crippen molar-refractivity contribution in [2.45, 2.75) is 44.2 Å². The van der Waals surface area contributed by atoms with Crippen molar-refractivity contribution in [2.24, 2.45) is 10.3 Å². The maximum atomic E-state index is 11.8. The minimum absolute atomic E-state index is 0.281. The van der Waals surface area contributed by atoms with Crippen molar-refractivity contribution in [2.75, 3.05) is 27.8 Å². The lowest BCUT2D eigenvalue weighted by molar-refractivity contribution is -0.217. The van der Waals surface area contributed by atoms with Gasteiger partial charge in [0.1, 0.15) is 24.0 Å². The third-order valence-corrected chi connectivity index (χ3v) is 4.42. The molecule has 9 heteroatoms. The fourth-order valence-electron chi connectivity index (χ4n) is 3.24. The van der Waals surface area contributed by atoms with Gasteiger partial charge >= 0.3 is 5.97 Å². The molecular weight excluding hydrogens is 354 g/mol. The maximum Gasteiger partial charge on any atom is 0.340 e. The molecule has 1 aromatic rings. The first-order valence-corrected chi connectivity index (χ1v) is 8.68. The number of hydrogen-bond donors (Lipinski definition) is 0. The number of carbonyl (C=O) groups excluding carboxylic acids is 1. The second-order valence-corrected chi connectivity index (χ2v) is 6.88. The molecule has 2 heterocycles. The van der Waals surface area contributed by atoms with Gasteiger partial charge in [0.2, 0.25) is 0 Å². The SMILES string of the molecule is COC(=O)c1ccccc1N=NN(C)CC1OC2OC(C)(C)OC2C1OC. The van der Waals surface area contributed by atoms with E-state index in [1.54, 1.807) is 43.4 Å². The molecule has 2 saturated heterocycles. The first kappa shape index (κ1) is 19.7. The highest BCUT2D eigenvalue weighted by Crippen LogP contribution is 2.38. The van der Waals surface area contributed by atoms with Gasteiger partial charge in [-0.15, -0.1) is 5.11 Å². The molecule has 148 valence electrons. The number of fused-ring (bicyclic) bond motifs is 1. The molecule has 3 rings (SSSR count). The normalized spacial score (nSPS) is 29.1. The van der Waals surface area contributed by atoms with Gasteiger partial charge in [0.15, 0.2) is 12.1 Å². The van der Waals surface area contributed by atoms with Crippen molar-refractivity contribution in [3.05, 3.63) is 29.8 Å². The van der Waals surface area contributed by atoms with E-state index < -0.39 is 18.0 Å². The number of nitrogens with zero attached hydrogens (tertiary/aromatic N) is 3. The first-order valence-electron chi connectivity index (χ1n) is 8.68. The fourth-order valence-corrected chi connectivity index (χ4v) is 3.24. The lowest BCUT2D eigenvalue weighted by atomic mass is 10.1. The smallest absolute Gasteiger partial charge is 0.340 e. The van der Waals surface area contributed by atoms with Gasteiger partial charge in [-0.1, -0.05) is 17.4 Å². The Labute approximate surface area is 158 Å². The van der Waals surface area contributed by atoms with Crippen LogP contribution in [0.4, 0.5) is 5.69 Å². The van der Waals surface area contributed by atoms with E-state index in [0.29, 0.717) is 17.8 Å². The van der Waals surface area contributed by atoms with Gasteiger partial charge in [-0.25, -0.2) is 4.79 Å². The molecule has 1 aromatic carbocycles. The summed E-state index contributed by atoms with van der Waals surface area (Å²) in [7, 11) is 4.71. The highest BCUT2D eigenvalue weighted by atomic mass is 16.8. The van der Waals surface area contributed by atoms with Crippen molar-refractivity contribution in [3.63, 3.8) is 0 Å². The van der Waals surface area contributed by atoms with E-state index in [1.165, 1.54) is 7.11 Å². The number of likely N-dealkylation sites (N-methyl/N-ethyl adjacent to an activating group) is 1. The van der Waals surface area contributed by atoms with Crippen LogP contribution in [0.2, 0.25) is 0 Å². The van der Waals surface area contributed by atoms with Crippen LogP contribution >= 0.6 is 0 Å². The molecule has 27 heavy (non-hydrogen) atoms. The summed E-state index contributed by atoms with van der Waals surface area (Å²) in [5, 5.41) is 9.94. The molecule has 0 amide bonds. The van der Waals surface area contributed by atoms with E-state index >= 15 is 0 Å². The summed E-state index contributed by atoms with van der Waals surface area (Å²) < 4.78 is 27.9. The molecule has 0 saturated carbocycles. The summed E-state index contributed by atoms with van der Waals surface area (Å²) in [6.07, 6.45) is -1.33. The fraction of sp³-hybridized carbons (Fsp3) is 0.611. The zero-order chi connectivity index (χ0) is 19.6. The highest BCUT2D eigenvalue weighted by molar-refractivity contribution is 5.94. The van der Waals surface area contributed by atoms with Crippen LogP contribution in [0.15, 0.2) is 34.6 Å². The third-order valence-electron chi connectivity index (χ3n) is 4.42. The van der Waals surface area contributed by atoms with Crippen LogP contribution in [0.3, 0.4) is 0 Å². The zero-order valence-electron chi connectivity index (χ0n) is 16.1. The largest absolute Gasteiger partial charge is 0.465 e. The van der Waals surface area contributed by atoms with Crippen LogP contribution in [0.1, 0.15) is 24.2 Å². The molecule has 0 aliphatic carbocycles. The molecule has 4 atom stereocenters. The van der Waals surface area contributed by atoms with Crippen LogP contribution in [-0.4, -0.2) is 69.2 Å². The average molecular weight is 379 g/mol. The number of carbonyl (C=O) groups is 1. The van der Waals surface area contributed by atoms with Crippen molar-refractivity contribution < 1.29 is 28.5 Å². The van der Waals surface area contributed by atoms with E-state index in [1.807, 2.05) is 13.8 Å². The molecule has 0 aromatic heterocycles. The molecule has 4 unspecified atom stereocenters. The number of rotatable bonds is 6.